The molecule has 1 N–H and O–H groups in total. The first-order chi connectivity index (χ1) is 7.22. The van der Waals surface area contributed by atoms with Crippen LogP contribution in [-0.2, 0) is 9.53 Å². The Balaban J connectivity index is 2.20. The van der Waals surface area contributed by atoms with Crippen LogP contribution < -0.4 is 5.32 Å². The molecule has 0 radical (unpaired) electrons. The quantitative estimate of drug-likeness (QED) is 0.541. The highest BCUT2D eigenvalue weighted by atomic mass is 16.5. The van der Waals surface area contributed by atoms with Crippen molar-refractivity contribution >= 4 is 5.97 Å². The first kappa shape index (κ1) is 12.2. The van der Waals surface area contributed by atoms with E-state index in [1.54, 1.807) is 0 Å². The van der Waals surface area contributed by atoms with E-state index in [0.717, 1.165) is 26.2 Å². The molecule has 0 amide bonds. The summed E-state index contributed by atoms with van der Waals surface area (Å²) in [4.78, 5) is 13.3. The van der Waals surface area contributed by atoms with Crippen LogP contribution in [0.15, 0.2) is 12.2 Å². The number of esters is 1. The van der Waals surface area contributed by atoms with E-state index in [1.165, 1.54) is 6.08 Å². The summed E-state index contributed by atoms with van der Waals surface area (Å²) < 4.78 is 4.80. The third kappa shape index (κ3) is 4.95. The minimum absolute atomic E-state index is 0.249. The van der Waals surface area contributed by atoms with Gasteiger partial charge in [-0.1, -0.05) is 6.08 Å². The molecule has 0 aromatic carbocycles. The van der Waals surface area contributed by atoms with Crippen LogP contribution in [0, 0.1) is 0 Å². The van der Waals surface area contributed by atoms with Crippen molar-refractivity contribution < 1.29 is 9.53 Å². The molecule has 0 spiro atoms. The van der Waals surface area contributed by atoms with E-state index in [1.807, 2.05) is 13.0 Å². The Hall–Kier alpha value is -0.870. The Morgan fingerprint density at radius 2 is 2.47 bits per heavy atom. The number of hydrogen-bond donors (Lipinski definition) is 1. The van der Waals surface area contributed by atoms with Gasteiger partial charge < -0.3 is 10.1 Å². The van der Waals surface area contributed by atoms with Crippen molar-refractivity contribution in [2.45, 2.75) is 19.9 Å². The second-order valence-electron chi connectivity index (χ2n) is 3.77. The van der Waals surface area contributed by atoms with Crippen LogP contribution >= 0.6 is 0 Å². The lowest BCUT2D eigenvalue weighted by molar-refractivity contribution is -0.137. The van der Waals surface area contributed by atoms with E-state index in [2.05, 4.69) is 17.1 Å². The minimum Gasteiger partial charge on any atom is -0.463 e. The maximum Gasteiger partial charge on any atom is 0.330 e. The van der Waals surface area contributed by atoms with E-state index < -0.39 is 0 Å². The van der Waals surface area contributed by atoms with Crippen molar-refractivity contribution in [3.63, 3.8) is 0 Å². The summed E-state index contributed by atoms with van der Waals surface area (Å²) >= 11 is 0. The maximum atomic E-state index is 11.0. The van der Waals surface area contributed by atoms with Gasteiger partial charge in [0.05, 0.1) is 6.61 Å². The molecule has 0 bridgehead atoms. The van der Waals surface area contributed by atoms with Crippen molar-refractivity contribution in [1.29, 1.82) is 0 Å². The van der Waals surface area contributed by atoms with Crippen LogP contribution in [0.5, 0.6) is 0 Å². The number of carbonyl (C=O) groups excluding carboxylic acids is 1. The van der Waals surface area contributed by atoms with Crippen molar-refractivity contribution in [3.8, 4) is 0 Å². The summed E-state index contributed by atoms with van der Waals surface area (Å²) in [7, 11) is 0. The molecule has 1 rings (SSSR count). The molecule has 4 heteroatoms. The van der Waals surface area contributed by atoms with Gasteiger partial charge in [0, 0.05) is 38.3 Å². The number of carbonyl (C=O) groups is 1. The first-order valence-electron chi connectivity index (χ1n) is 5.51. The molecule has 1 atom stereocenters. The standard InChI is InChI=1S/C11H20N2O2/c1-3-15-11(14)5-4-7-13-8-6-12-10(2)9-13/h4-5,10,12H,3,6-9H2,1-2H3/b5-4+/t10-/m0/s1. The fourth-order valence-electron chi connectivity index (χ4n) is 1.67. The van der Waals surface area contributed by atoms with Crippen LogP contribution in [0.2, 0.25) is 0 Å². The highest BCUT2D eigenvalue weighted by Crippen LogP contribution is 1.98. The van der Waals surface area contributed by atoms with E-state index in [0.29, 0.717) is 12.6 Å². The molecule has 0 aromatic rings. The van der Waals surface area contributed by atoms with Crippen LogP contribution in [0.3, 0.4) is 0 Å². The average molecular weight is 212 g/mol. The molecule has 1 aliphatic rings. The highest BCUT2D eigenvalue weighted by Gasteiger charge is 2.13. The predicted molar refractivity (Wildman–Crippen MR) is 59.7 cm³/mol. The summed E-state index contributed by atoms with van der Waals surface area (Å²) in [6, 6.07) is 0.537. The molecule has 1 aliphatic heterocycles. The summed E-state index contributed by atoms with van der Waals surface area (Å²) in [5, 5.41) is 3.37. The van der Waals surface area contributed by atoms with Gasteiger partial charge in [-0.15, -0.1) is 0 Å². The lowest BCUT2D eigenvalue weighted by Gasteiger charge is -2.30. The number of rotatable bonds is 4. The fourth-order valence-corrected chi connectivity index (χ4v) is 1.67. The van der Waals surface area contributed by atoms with Gasteiger partial charge in [0.15, 0.2) is 0 Å². The zero-order valence-electron chi connectivity index (χ0n) is 9.53. The average Bonchev–Trinajstić information content (AvgIpc) is 2.18. The van der Waals surface area contributed by atoms with Gasteiger partial charge in [0.1, 0.15) is 0 Å². The van der Waals surface area contributed by atoms with Crippen LogP contribution in [-0.4, -0.2) is 49.7 Å². The predicted octanol–water partition coefficient (Wildman–Crippen LogP) is 0.399. The molecule has 86 valence electrons. The molecule has 1 fully saturated rings. The second kappa shape index (κ2) is 6.58. The van der Waals surface area contributed by atoms with Crippen LogP contribution in [0.4, 0.5) is 0 Å². The Bertz CT molecular complexity index is 229. The summed E-state index contributed by atoms with van der Waals surface area (Å²) in [5.41, 5.74) is 0. The fraction of sp³-hybridized carbons (Fsp3) is 0.727. The summed E-state index contributed by atoms with van der Waals surface area (Å²) in [5.74, 6) is -0.249. The lowest BCUT2D eigenvalue weighted by Crippen LogP contribution is -2.49. The van der Waals surface area contributed by atoms with Gasteiger partial charge in [-0.25, -0.2) is 4.79 Å². The van der Waals surface area contributed by atoms with Crippen molar-refractivity contribution in [1.82, 2.24) is 10.2 Å². The molecule has 1 heterocycles. The normalized spacial score (nSPS) is 23.2. The SMILES string of the molecule is CCOC(=O)/C=C/CN1CCN[C@@H](C)C1. The summed E-state index contributed by atoms with van der Waals surface area (Å²) in [6.07, 6.45) is 3.38. The van der Waals surface area contributed by atoms with Crippen molar-refractivity contribution in [2.24, 2.45) is 0 Å². The Labute approximate surface area is 91.3 Å². The van der Waals surface area contributed by atoms with Crippen LogP contribution in [0.1, 0.15) is 13.8 Å². The molecule has 0 saturated carbocycles. The van der Waals surface area contributed by atoms with E-state index in [-0.39, 0.29) is 5.97 Å². The third-order valence-electron chi connectivity index (χ3n) is 2.36. The highest BCUT2D eigenvalue weighted by molar-refractivity contribution is 5.81. The zero-order chi connectivity index (χ0) is 11.1. The summed E-state index contributed by atoms with van der Waals surface area (Å²) in [6.45, 7) is 8.34. The Kier molecular flexibility index (Phi) is 5.36. The molecular formula is C11H20N2O2. The molecular weight excluding hydrogens is 192 g/mol. The largest absolute Gasteiger partial charge is 0.463 e. The molecule has 0 aromatic heterocycles. The lowest BCUT2D eigenvalue weighted by atomic mass is 10.2. The smallest absolute Gasteiger partial charge is 0.330 e. The monoisotopic (exact) mass is 212 g/mol. The van der Waals surface area contributed by atoms with E-state index >= 15 is 0 Å². The number of nitrogens with zero attached hydrogens (tertiary/aromatic N) is 1. The maximum absolute atomic E-state index is 11.0. The van der Waals surface area contributed by atoms with Gasteiger partial charge in [-0.3, -0.25) is 4.90 Å². The molecule has 15 heavy (non-hydrogen) atoms. The topological polar surface area (TPSA) is 41.6 Å². The van der Waals surface area contributed by atoms with Gasteiger partial charge in [0.25, 0.3) is 0 Å². The number of piperazine rings is 1. The molecule has 0 unspecified atom stereocenters. The van der Waals surface area contributed by atoms with Gasteiger partial charge >= 0.3 is 5.97 Å². The number of ether oxygens (including phenoxy) is 1. The molecule has 1 saturated heterocycles. The Morgan fingerprint density at radius 3 is 3.13 bits per heavy atom. The van der Waals surface area contributed by atoms with Crippen molar-refractivity contribution in [3.05, 3.63) is 12.2 Å². The molecule has 4 nitrogen and oxygen atoms in total. The second-order valence-corrected chi connectivity index (χ2v) is 3.77. The van der Waals surface area contributed by atoms with E-state index in [9.17, 15) is 4.79 Å². The zero-order valence-corrected chi connectivity index (χ0v) is 9.53. The van der Waals surface area contributed by atoms with E-state index in [4.69, 9.17) is 4.74 Å². The number of hydrogen-bond acceptors (Lipinski definition) is 4. The van der Waals surface area contributed by atoms with Gasteiger partial charge in [0.2, 0.25) is 0 Å². The first-order valence-corrected chi connectivity index (χ1v) is 5.51. The third-order valence-corrected chi connectivity index (χ3v) is 2.36. The Morgan fingerprint density at radius 1 is 1.67 bits per heavy atom. The number of nitrogens with one attached hydrogen (secondary N) is 1. The van der Waals surface area contributed by atoms with Crippen LogP contribution in [0.25, 0.3) is 0 Å². The van der Waals surface area contributed by atoms with Gasteiger partial charge in [-0.2, -0.15) is 0 Å². The minimum atomic E-state index is -0.249. The van der Waals surface area contributed by atoms with Gasteiger partial charge in [-0.05, 0) is 13.8 Å². The van der Waals surface area contributed by atoms with Crippen molar-refractivity contribution in [2.75, 3.05) is 32.8 Å². The molecule has 0 aliphatic carbocycles.